The number of benzene rings is 1. The molecule has 0 aliphatic carbocycles. The van der Waals surface area contributed by atoms with E-state index in [9.17, 15) is 0 Å². The van der Waals surface area contributed by atoms with Crippen LogP contribution < -0.4 is 10.1 Å². The van der Waals surface area contributed by atoms with Gasteiger partial charge in [0.05, 0.1) is 6.61 Å². The monoisotopic (exact) mass is 274 g/mol. The molecule has 0 radical (unpaired) electrons. The molecular weight excluding hydrogens is 248 g/mol. The summed E-state index contributed by atoms with van der Waals surface area (Å²) >= 11 is 0. The van der Waals surface area contributed by atoms with Crippen molar-refractivity contribution >= 4 is 0 Å². The summed E-state index contributed by atoms with van der Waals surface area (Å²) in [7, 11) is 0. The van der Waals surface area contributed by atoms with Gasteiger partial charge >= 0.3 is 0 Å². The zero-order chi connectivity index (χ0) is 13.9. The van der Waals surface area contributed by atoms with Crippen molar-refractivity contribution in [1.29, 1.82) is 0 Å². The van der Waals surface area contributed by atoms with Crippen molar-refractivity contribution in [2.75, 3.05) is 26.2 Å². The first-order valence-electron chi connectivity index (χ1n) is 7.93. The largest absolute Gasteiger partial charge is 0.493 e. The number of nitrogens with zero attached hydrogens (tertiary/aromatic N) is 1. The summed E-state index contributed by atoms with van der Waals surface area (Å²) in [6.45, 7) is 8.89. The Morgan fingerprint density at radius 1 is 1.30 bits per heavy atom. The smallest absolute Gasteiger partial charge is 0.122 e. The molecule has 2 aliphatic rings. The van der Waals surface area contributed by atoms with Gasteiger partial charge in [-0.15, -0.1) is 0 Å². The molecule has 1 aromatic carbocycles. The van der Waals surface area contributed by atoms with Gasteiger partial charge in [-0.3, -0.25) is 4.90 Å². The summed E-state index contributed by atoms with van der Waals surface area (Å²) in [6, 6.07) is 9.76. The van der Waals surface area contributed by atoms with Crippen molar-refractivity contribution in [2.45, 2.75) is 44.7 Å². The quantitative estimate of drug-likeness (QED) is 0.893. The number of fused-ring (bicyclic) bond motifs is 1. The van der Waals surface area contributed by atoms with Crippen molar-refractivity contribution in [3.05, 3.63) is 29.8 Å². The van der Waals surface area contributed by atoms with Gasteiger partial charge in [-0.1, -0.05) is 18.2 Å². The topological polar surface area (TPSA) is 24.5 Å². The molecule has 1 saturated heterocycles. The third-order valence-electron chi connectivity index (χ3n) is 4.60. The Bertz CT molecular complexity index is 440. The average molecular weight is 274 g/mol. The molecule has 1 fully saturated rings. The zero-order valence-electron chi connectivity index (χ0n) is 12.6. The summed E-state index contributed by atoms with van der Waals surface area (Å²) < 4.78 is 5.82. The molecule has 2 unspecified atom stereocenters. The Morgan fingerprint density at radius 2 is 2.15 bits per heavy atom. The molecule has 0 amide bonds. The van der Waals surface area contributed by atoms with Gasteiger partial charge in [-0.2, -0.15) is 0 Å². The van der Waals surface area contributed by atoms with Gasteiger partial charge in [0.2, 0.25) is 0 Å². The maximum absolute atomic E-state index is 5.82. The maximum atomic E-state index is 5.82. The lowest BCUT2D eigenvalue weighted by Crippen LogP contribution is -2.43. The molecule has 2 atom stereocenters. The van der Waals surface area contributed by atoms with Crippen LogP contribution in [0.3, 0.4) is 0 Å². The molecule has 1 N–H and O–H groups in total. The van der Waals surface area contributed by atoms with E-state index in [1.165, 1.54) is 24.9 Å². The molecule has 1 aromatic rings. The number of rotatable bonds is 5. The molecule has 20 heavy (non-hydrogen) atoms. The lowest BCUT2D eigenvalue weighted by Gasteiger charge is -2.31. The van der Waals surface area contributed by atoms with Crippen LogP contribution in [0.25, 0.3) is 0 Å². The van der Waals surface area contributed by atoms with Gasteiger partial charge in [0.15, 0.2) is 0 Å². The van der Waals surface area contributed by atoms with E-state index in [2.05, 4.69) is 48.3 Å². The molecule has 0 spiro atoms. The van der Waals surface area contributed by atoms with Crippen molar-refractivity contribution in [3.8, 4) is 5.75 Å². The fourth-order valence-corrected chi connectivity index (χ4v) is 3.36. The van der Waals surface area contributed by atoms with E-state index in [-0.39, 0.29) is 0 Å². The first kappa shape index (κ1) is 13.9. The lowest BCUT2D eigenvalue weighted by molar-refractivity contribution is 0.179. The predicted octanol–water partition coefficient (Wildman–Crippen LogP) is 2.63. The molecule has 2 heterocycles. The van der Waals surface area contributed by atoms with Crippen LogP contribution in [0.5, 0.6) is 5.75 Å². The summed E-state index contributed by atoms with van der Waals surface area (Å²) in [5, 5.41) is 3.61. The van der Waals surface area contributed by atoms with Gasteiger partial charge in [-0.25, -0.2) is 0 Å². The van der Waals surface area contributed by atoms with E-state index in [4.69, 9.17) is 4.74 Å². The van der Waals surface area contributed by atoms with E-state index in [1.54, 1.807) is 0 Å². The van der Waals surface area contributed by atoms with E-state index in [0.29, 0.717) is 18.0 Å². The van der Waals surface area contributed by atoms with Gasteiger partial charge in [0.1, 0.15) is 5.75 Å². The molecule has 2 aliphatic heterocycles. The highest BCUT2D eigenvalue weighted by Crippen LogP contribution is 2.34. The summed E-state index contributed by atoms with van der Waals surface area (Å²) in [5.74, 6) is 1.61. The third-order valence-corrected chi connectivity index (χ3v) is 4.60. The normalized spacial score (nSPS) is 25.2. The first-order valence-corrected chi connectivity index (χ1v) is 7.93. The number of ether oxygens (including phenoxy) is 1. The fraction of sp³-hybridized carbons (Fsp3) is 0.647. The predicted molar refractivity (Wildman–Crippen MR) is 82.4 cm³/mol. The van der Waals surface area contributed by atoms with Gasteiger partial charge in [0, 0.05) is 36.7 Å². The Balaban J connectivity index is 1.65. The van der Waals surface area contributed by atoms with Crippen molar-refractivity contribution in [3.63, 3.8) is 0 Å². The van der Waals surface area contributed by atoms with Crippen molar-refractivity contribution < 1.29 is 4.74 Å². The fourth-order valence-electron chi connectivity index (χ4n) is 3.36. The second-order valence-corrected chi connectivity index (χ2v) is 6.39. The van der Waals surface area contributed by atoms with E-state index in [1.807, 2.05) is 0 Å². The van der Waals surface area contributed by atoms with Crippen molar-refractivity contribution in [1.82, 2.24) is 10.2 Å². The van der Waals surface area contributed by atoms with Crippen molar-refractivity contribution in [2.24, 2.45) is 0 Å². The van der Waals surface area contributed by atoms with E-state index < -0.39 is 0 Å². The Kier molecular flexibility index (Phi) is 4.27. The minimum atomic E-state index is 0.523. The SMILES string of the molecule is CC(C)N(CC1CCCN1)CC1COc2ccccc21. The molecule has 3 heteroatoms. The van der Waals surface area contributed by atoms with Crippen LogP contribution in [0.1, 0.15) is 38.2 Å². The Hall–Kier alpha value is -1.06. The minimum Gasteiger partial charge on any atom is -0.493 e. The van der Waals surface area contributed by atoms with Crippen LogP contribution in [0.4, 0.5) is 0 Å². The highest BCUT2D eigenvalue weighted by molar-refractivity contribution is 5.39. The zero-order valence-corrected chi connectivity index (χ0v) is 12.6. The van der Waals surface area contributed by atoms with Crippen LogP contribution in [0, 0.1) is 0 Å². The van der Waals surface area contributed by atoms with Gasteiger partial charge < -0.3 is 10.1 Å². The number of nitrogens with one attached hydrogen (secondary N) is 1. The number of hydrogen-bond donors (Lipinski definition) is 1. The second-order valence-electron chi connectivity index (χ2n) is 6.39. The average Bonchev–Trinajstić information content (AvgIpc) is 3.08. The first-order chi connectivity index (χ1) is 9.74. The summed E-state index contributed by atoms with van der Waals surface area (Å²) in [6.07, 6.45) is 2.65. The van der Waals surface area contributed by atoms with Crippen LogP contribution >= 0.6 is 0 Å². The number of para-hydroxylation sites is 1. The lowest BCUT2D eigenvalue weighted by atomic mass is 10.00. The molecule has 110 valence electrons. The standard InChI is InChI=1S/C17H26N2O/c1-13(2)19(11-15-6-5-9-18-15)10-14-12-20-17-8-4-3-7-16(14)17/h3-4,7-8,13-15,18H,5-6,9-12H2,1-2H3. The third kappa shape index (κ3) is 2.99. The molecule has 3 nitrogen and oxygen atoms in total. The van der Waals surface area contributed by atoms with E-state index in [0.717, 1.165) is 25.4 Å². The highest BCUT2D eigenvalue weighted by Gasteiger charge is 2.28. The highest BCUT2D eigenvalue weighted by atomic mass is 16.5. The number of hydrogen-bond acceptors (Lipinski definition) is 3. The van der Waals surface area contributed by atoms with Crippen LogP contribution in [0.15, 0.2) is 24.3 Å². The Morgan fingerprint density at radius 3 is 2.90 bits per heavy atom. The molecule has 3 rings (SSSR count). The second kappa shape index (κ2) is 6.15. The van der Waals surface area contributed by atoms with Gasteiger partial charge in [0.25, 0.3) is 0 Å². The molecule has 0 saturated carbocycles. The Labute approximate surface area is 122 Å². The molecule has 0 bridgehead atoms. The minimum absolute atomic E-state index is 0.523. The molecule has 0 aromatic heterocycles. The maximum Gasteiger partial charge on any atom is 0.122 e. The summed E-state index contributed by atoms with van der Waals surface area (Å²) in [4.78, 5) is 2.61. The van der Waals surface area contributed by atoms with Gasteiger partial charge in [-0.05, 0) is 39.3 Å². The summed E-state index contributed by atoms with van der Waals surface area (Å²) in [5.41, 5.74) is 1.39. The van der Waals surface area contributed by atoms with Crippen LogP contribution in [0.2, 0.25) is 0 Å². The van der Waals surface area contributed by atoms with Crippen LogP contribution in [-0.4, -0.2) is 43.2 Å². The van der Waals surface area contributed by atoms with E-state index >= 15 is 0 Å². The van der Waals surface area contributed by atoms with Crippen LogP contribution in [-0.2, 0) is 0 Å². The molecular formula is C17H26N2O.